The highest BCUT2D eigenvalue weighted by Gasteiger charge is 2.25. The predicted octanol–water partition coefficient (Wildman–Crippen LogP) is 1.17. The van der Waals surface area contributed by atoms with Crippen molar-refractivity contribution in [2.45, 2.75) is 19.6 Å². The third-order valence-corrected chi connectivity index (χ3v) is 2.27. The van der Waals surface area contributed by atoms with E-state index in [2.05, 4.69) is 16.9 Å². The lowest BCUT2D eigenvalue weighted by Gasteiger charge is -2.12. The van der Waals surface area contributed by atoms with Crippen molar-refractivity contribution < 1.29 is 21.8 Å². The minimum Gasteiger partial charge on any atom is -0.585 e. The summed E-state index contributed by atoms with van der Waals surface area (Å²) in [6.45, 7) is 3.64. The van der Waals surface area contributed by atoms with E-state index in [1.54, 1.807) is 12.7 Å². The lowest BCUT2D eigenvalue weighted by molar-refractivity contribution is -0.113. The molecule has 16 heavy (non-hydrogen) atoms. The lowest BCUT2D eigenvalue weighted by Crippen LogP contribution is -2.17. The quantitative estimate of drug-likeness (QED) is 0.303. The topological polar surface area (TPSA) is 54.0 Å². The number of ketones is 1. The van der Waals surface area contributed by atoms with Gasteiger partial charge in [0.25, 0.3) is 0 Å². The normalized spacial score (nSPS) is 9.62. The van der Waals surface area contributed by atoms with Gasteiger partial charge in [-0.2, -0.15) is 0 Å². The van der Waals surface area contributed by atoms with Gasteiger partial charge >= 0.3 is 14.8 Å². The van der Waals surface area contributed by atoms with Crippen molar-refractivity contribution >= 4 is 20.6 Å². The lowest BCUT2D eigenvalue weighted by atomic mass is 10.4. The maximum absolute atomic E-state index is 10.9. The molecule has 0 bridgehead atoms. The second-order valence-electron chi connectivity index (χ2n) is 2.72. The molecular weight excluding hydrogens is 227 g/mol. The second-order valence-corrected chi connectivity index (χ2v) is 4.33. The molecule has 0 N–H and O–H groups in total. The van der Waals surface area contributed by atoms with Crippen LogP contribution in [0.3, 0.4) is 0 Å². The Kier molecular flexibility index (Phi) is 8.24. The average Bonchev–Trinajstić information content (AvgIpc) is 2.17. The van der Waals surface area contributed by atoms with Gasteiger partial charge < -0.3 is 17.1 Å². The van der Waals surface area contributed by atoms with E-state index in [0.717, 1.165) is 0 Å². The molecule has 0 fully saturated rings. The zero-order valence-electron chi connectivity index (χ0n) is 9.90. The van der Waals surface area contributed by atoms with Gasteiger partial charge in [-0.3, -0.25) is 4.79 Å². The van der Waals surface area contributed by atoms with Crippen molar-refractivity contribution in [1.82, 2.24) is 0 Å². The van der Waals surface area contributed by atoms with Crippen LogP contribution in [0.5, 0.6) is 0 Å². The molecule has 0 rings (SSSR count). The summed E-state index contributed by atoms with van der Waals surface area (Å²) in [5, 5.41) is 0. The first-order chi connectivity index (χ1) is 7.60. The molecule has 0 aromatic heterocycles. The molecule has 0 aliphatic carbocycles. The molecule has 6 heteroatoms. The minimum absolute atomic E-state index is 0.146. The molecular formula is C10H15AlO5. The molecule has 0 saturated heterocycles. The van der Waals surface area contributed by atoms with Crippen LogP contribution in [0.1, 0.15) is 13.8 Å². The number of rotatable bonds is 6. The maximum Gasteiger partial charge on any atom is 0.864 e. The van der Waals surface area contributed by atoms with Crippen LogP contribution in [0, 0.1) is 12.2 Å². The van der Waals surface area contributed by atoms with Crippen LogP contribution in [0.25, 0.3) is 0 Å². The highest BCUT2D eigenvalue weighted by Crippen LogP contribution is 2.03. The Hall–Kier alpha value is -1.30. The Morgan fingerprint density at radius 2 is 2.12 bits per heavy atom. The van der Waals surface area contributed by atoms with Crippen LogP contribution in [0.4, 0.5) is 0 Å². The Bertz CT molecular complexity index is 302. The highest BCUT2D eigenvalue weighted by molar-refractivity contribution is 6.43. The summed E-state index contributed by atoms with van der Waals surface area (Å²) >= 11 is -1.98. The third-order valence-electron chi connectivity index (χ3n) is 1.26. The fraction of sp³-hybridized carbons (Fsp3) is 0.500. The van der Waals surface area contributed by atoms with E-state index >= 15 is 0 Å². The van der Waals surface area contributed by atoms with Gasteiger partial charge in [0, 0.05) is 0 Å². The van der Waals surface area contributed by atoms with Gasteiger partial charge in [-0.25, -0.2) is 0 Å². The number of ether oxygens (including phenoxy) is 2. The largest absolute Gasteiger partial charge is 0.864 e. The summed E-state index contributed by atoms with van der Waals surface area (Å²) in [4.78, 5) is 10.9. The SMILES string of the molecule is CCO/C(=C/C(C)=O)[O][Al]([CH3])[O]C#COC. The Balaban J connectivity index is 4.23. The van der Waals surface area contributed by atoms with E-state index in [-0.39, 0.29) is 11.7 Å². The molecule has 0 saturated carbocycles. The van der Waals surface area contributed by atoms with Gasteiger partial charge in [-0.1, -0.05) is 0 Å². The number of allylic oxidation sites excluding steroid dienone is 1. The Morgan fingerprint density at radius 1 is 1.44 bits per heavy atom. The molecule has 0 unspecified atom stereocenters. The number of hydrogen-bond acceptors (Lipinski definition) is 5. The predicted molar refractivity (Wildman–Crippen MR) is 59.0 cm³/mol. The number of methoxy groups -OCH3 is 1. The molecule has 0 atom stereocenters. The van der Waals surface area contributed by atoms with Crippen LogP contribution >= 0.6 is 0 Å². The molecule has 88 valence electrons. The van der Waals surface area contributed by atoms with Crippen LogP contribution in [0.2, 0.25) is 5.79 Å². The van der Waals surface area contributed by atoms with Crippen molar-refractivity contribution in [3.63, 3.8) is 0 Å². The van der Waals surface area contributed by atoms with E-state index in [1.807, 2.05) is 0 Å². The summed E-state index contributed by atoms with van der Waals surface area (Å²) in [6.07, 6.45) is 5.89. The molecule has 0 radical (unpaired) electrons. The Morgan fingerprint density at radius 3 is 2.62 bits per heavy atom. The second kappa shape index (κ2) is 8.97. The van der Waals surface area contributed by atoms with E-state index < -0.39 is 14.8 Å². The molecule has 0 aliphatic rings. The van der Waals surface area contributed by atoms with Crippen LogP contribution in [-0.2, 0) is 21.8 Å². The summed E-state index contributed by atoms with van der Waals surface area (Å²) in [5.74, 6) is 1.79. The van der Waals surface area contributed by atoms with Crippen molar-refractivity contribution in [3.8, 4) is 12.2 Å². The zero-order chi connectivity index (χ0) is 12.4. The van der Waals surface area contributed by atoms with Crippen molar-refractivity contribution in [2.24, 2.45) is 0 Å². The fourth-order valence-electron chi connectivity index (χ4n) is 0.754. The van der Waals surface area contributed by atoms with Gasteiger partial charge in [0.15, 0.2) is 11.9 Å². The molecule has 0 heterocycles. The summed E-state index contributed by atoms with van der Waals surface area (Å²) in [7, 11) is 1.44. The monoisotopic (exact) mass is 242 g/mol. The first kappa shape index (κ1) is 14.7. The number of carbonyl (C=O) groups is 1. The number of hydrogen-bond donors (Lipinski definition) is 0. The first-order valence-corrected chi connectivity index (χ1v) is 6.90. The Labute approximate surface area is 100 Å². The molecule has 0 spiro atoms. The van der Waals surface area contributed by atoms with Crippen molar-refractivity contribution in [1.29, 1.82) is 0 Å². The van der Waals surface area contributed by atoms with Crippen LogP contribution in [0.15, 0.2) is 12.0 Å². The third kappa shape index (κ3) is 8.05. The average molecular weight is 242 g/mol. The highest BCUT2D eigenvalue weighted by atomic mass is 27.2. The maximum atomic E-state index is 10.9. The smallest absolute Gasteiger partial charge is 0.585 e. The zero-order valence-corrected chi connectivity index (χ0v) is 11.1. The minimum atomic E-state index is -1.98. The van der Waals surface area contributed by atoms with E-state index in [0.29, 0.717) is 6.61 Å². The van der Waals surface area contributed by atoms with Gasteiger partial charge in [0.2, 0.25) is 5.95 Å². The molecule has 0 amide bonds. The van der Waals surface area contributed by atoms with Gasteiger partial charge in [0.05, 0.1) is 19.8 Å². The standard InChI is InChI=1S/C6H10O3.C3H4O2.CH3.Al/c1-3-9-6(8)4-5(2)7;1-5-3-2-4;;/h4,8H,3H2,1-2H3;4H,1H3;1H3;/q;;;+2/p-2/b6-4+;;;. The number of carbonyl (C=O) groups excluding carboxylic acids is 1. The van der Waals surface area contributed by atoms with Crippen LogP contribution in [-0.4, -0.2) is 34.3 Å². The van der Waals surface area contributed by atoms with Crippen molar-refractivity contribution in [3.05, 3.63) is 12.0 Å². The summed E-state index contributed by atoms with van der Waals surface area (Å²) in [6, 6.07) is 0. The first-order valence-electron chi connectivity index (χ1n) is 4.80. The van der Waals surface area contributed by atoms with Gasteiger partial charge in [-0.05, 0) is 19.6 Å². The summed E-state index contributed by atoms with van der Waals surface area (Å²) in [5.41, 5.74) is 0. The molecule has 0 aromatic rings. The van der Waals surface area contributed by atoms with Crippen molar-refractivity contribution in [2.75, 3.05) is 13.7 Å². The van der Waals surface area contributed by atoms with Gasteiger partial charge in [0.1, 0.15) is 6.11 Å². The molecule has 0 aliphatic heterocycles. The van der Waals surface area contributed by atoms with E-state index in [4.69, 9.17) is 12.3 Å². The molecule has 5 nitrogen and oxygen atoms in total. The summed E-state index contributed by atoms with van der Waals surface area (Å²) < 4.78 is 20.0. The van der Waals surface area contributed by atoms with Gasteiger partial charge in [-0.15, -0.1) is 0 Å². The fourth-order valence-corrected chi connectivity index (χ4v) is 1.48. The molecule has 0 aromatic carbocycles. The van der Waals surface area contributed by atoms with E-state index in [9.17, 15) is 4.79 Å². The van der Waals surface area contributed by atoms with Crippen LogP contribution < -0.4 is 0 Å². The van der Waals surface area contributed by atoms with E-state index in [1.165, 1.54) is 20.1 Å².